The van der Waals surface area contributed by atoms with Crippen LogP contribution in [0.25, 0.3) is 0 Å². The third-order valence-corrected chi connectivity index (χ3v) is 8.36. The Bertz CT molecular complexity index is 1110. The molecule has 0 spiro atoms. The van der Waals surface area contributed by atoms with Crippen LogP contribution in [0.15, 0.2) is 41.3 Å². The van der Waals surface area contributed by atoms with Crippen molar-refractivity contribution in [2.75, 3.05) is 24.3 Å². The van der Waals surface area contributed by atoms with Gasteiger partial charge in [0.05, 0.1) is 12.8 Å². The quantitative estimate of drug-likeness (QED) is 0.214. The van der Waals surface area contributed by atoms with E-state index in [4.69, 9.17) is 4.74 Å². The highest BCUT2D eigenvalue weighted by molar-refractivity contribution is 7.99. The van der Waals surface area contributed by atoms with Crippen molar-refractivity contribution in [2.45, 2.75) is 49.9 Å². The van der Waals surface area contributed by atoms with Gasteiger partial charge in [-0.05, 0) is 42.5 Å². The summed E-state index contributed by atoms with van der Waals surface area (Å²) in [6.07, 6.45) is 3.80. The van der Waals surface area contributed by atoms with E-state index in [1.165, 1.54) is 43.1 Å². The molecule has 0 saturated carbocycles. The van der Waals surface area contributed by atoms with Crippen LogP contribution in [0.1, 0.15) is 39.5 Å². The lowest BCUT2D eigenvalue weighted by Crippen LogP contribution is -2.36. The first-order valence-corrected chi connectivity index (χ1v) is 13.2. The van der Waals surface area contributed by atoms with E-state index < -0.39 is 21.4 Å². The summed E-state index contributed by atoms with van der Waals surface area (Å²) in [7, 11) is -4.65. The molecule has 1 heterocycles. The van der Waals surface area contributed by atoms with E-state index in [2.05, 4.69) is 18.0 Å². The fourth-order valence-electron chi connectivity index (χ4n) is 3.89. The molecule has 1 aliphatic heterocycles. The predicted octanol–water partition coefficient (Wildman–Crippen LogP) is 6.89. The van der Waals surface area contributed by atoms with Crippen LogP contribution < -0.4 is 13.8 Å². The zero-order valence-electron chi connectivity index (χ0n) is 19.1. The molecule has 0 radical (unpaired) electrons. The van der Waals surface area contributed by atoms with E-state index in [0.717, 1.165) is 25.7 Å². The molecule has 0 N–H and O–H groups in total. The number of hydrogen-bond acceptors (Lipinski definition) is 6. The molecule has 1 unspecified atom stereocenters. The minimum absolute atomic E-state index is 0.125. The van der Waals surface area contributed by atoms with Crippen molar-refractivity contribution < 1.29 is 34.9 Å². The molecule has 0 bridgehead atoms. The summed E-state index contributed by atoms with van der Waals surface area (Å²) in [5, 5.41) is 0. The minimum Gasteiger partial charge on any atom is -0.493 e. The second-order valence-corrected chi connectivity index (χ2v) is 10.8. The highest BCUT2D eigenvalue weighted by Crippen LogP contribution is 2.50. The molecule has 3 rings (SSSR count). The molecule has 5 nitrogen and oxygen atoms in total. The number of benzene rings is 2. The molecule has 0 aliphatic carbocycles. The topological polar surface area (TPSA) is 55.8 Å². The highest BCUT2D eigenvalue weighted by atomic mass is 32.2. The fourth-order valence-corrected chi connectivity index (χ4v) is 5.76. The third-order valence-electron chi connectivity index (χ3n) is 6.00. The summed E-state index contributed by atoms with van der Waals surface area (Å²) in [5.41, 5.74) is -4.37. The number of methoxy groups -OCH3 is 1. The minimum atomic E-state index is -5.87. The summed E-state index contributed by atoms with van der Waals surface area (Å²) in [6, 6.07) is 8.71. The van der Waals surface area contributed by atoms with Crippen LogP contribution in [0.4, 0.5) is 28.9 Å². The van der Waals surface area contributed by atoms with Gasteiger partial charge in [-0.25, -0.2) is 4.39 Å². The number of anilines is 2. The van der Waals surface area contributed by atoms with Crippen LogP contribution in [0.2, 0.25) is 0 Å². The molecule has 1 aliphatic rings. The van der Waals surface area contributed by atoms with Crippen LogP contribution in [-0.2, 0) is 10.1 Å². The van der Waals surface area contributed by atoms with Crippen molar-refractivity contribution in [3.63, 3.8) is 0 Å². The first-order valence-electron chi connectivity index (χ1n) is 10.8. The van der Waals surface area contributed by atoms with E-state index in [1.807, 2.05) is 4.90 Å². The molecule has 0 amide bonds. The Balaban J connectivity index is 2.14. The maximum Gasteiger partial charge on any atom is 0.534 e. The van der Waals surface area contributed by atoms with Gasteiger partial charge in [-0.1, -0.05) is 26.7 Å². The van der Waals surface area contributed by atoms with E-state index in [9.17, 15) is 26.0 Å². The lowest BCUT2D eigenvalue weighted by atomic mass is 9.81. The average Bonchev–Trinajstić information content (AvgIpc) is 2.94. The number of fused-ring (bicyclic) bond motifs is 1. The van der Waals surface area contributed by atoms with Gasteiger partial charge in [0, 0.05) is 35.0 Å². The van der Waals surface area contributed by atoms with Crippen molar-refractivity contribution in [2.24, 2.45) is 5.41 Å². The smallest absolute Gasteiger partial charge is 0.493 e. The summed E-state index contributed by atoms with van der Waals surface area (Å²) in [6.45, 7) is 4.80. The van der Waals surface area contributed by atoms with E-state index >= 15 is 0 Å². The summed E-state index contributed by atoms with van der Waals surface area (Å²) < 4.78 is 85.4. The van der Waals surface area contributed by atoms with E-state index in [0.29, 0.717) is 28.6 Å². The molecule has 2 aromatic rings. The van der Waals surface area contributed by atoms with Crippen molar-refractivity contribution in [1.29, 1.82) is 0 Å². The monoisotopic (exact) mass is 521 g/mol. The van der Waals surface area contributed by atoms with Gasteiger partial charge in [0.1, 0.15) is 5.82 Å². The molecule has 2 aromatic carbocycles. The summed E-state index contributed by atoms with van der Waals surface area (Å²) >= 11 is 1.43. The molecule has 0 aromatic heterocycles. The second kappa shape index (κ2) is 10.2. The molecule has 34 heavy (non-hydrogen) atoms. The number of unbranched alkanes of at least 4 members (excludes halogenated alkanes) is 1. The number of hydrogen-bond donors (Lipinski definition) is 0. The van der Waals surface area contributed by atoms with Gasteiger partial charge in [-0.15, -0.1) is 11.8 Å². The SMILES string of the molecule is CCCCC1(CC)CSc2cc(OS(=O)(=O)C(F)(F)F)c(OC)cc2N(c2ccc(F)cc2)C1. The lowest BCUT2D eigenvalue weighted by molar-refractivity contribution is -0.0500. The first kappa shape index (κ1) is 26.5. The highest BCUT2D eigenvalue weighted by Gasteiger charge is 2.49. The van der Waals surface area contributed by atoms with Gasteiger partial charge in [-0.3, -0.25) is 0 Å². The van der Waals surface area contributed by atoms with Gasteiger partial charge in [0.2, 0.25) is 0 Å². The maximum absolute atomic E-state index is 13.6. The van der Waals surface area contributed by atoms with Gasteiger partial charge in [0.25, 0.3) is 0 Å². The largest absolute Gasteiger partial charge is 0.534 e. The zero-order chi connectivity index (χ0) is 25.1. The number of rotatable bonds is 8. The molecule has 11 heteroatoms. The number of ether oxygens (including phenoxy) is 1. The van der Waals surface area contributed by atoms with Crippen LogP contribution >= 0.6 is 11.8 Å². The second-order valence-electron chi connectivity index (χ2n) is 8.26. The number of nitrogens with zero attached hydrogens (tertiary/aromatic N) is 1. The molecule has 0 fully saturated rings. The van der Waals surface area contributed by atoms with Crippen molar-refractivity contribution in [1.82, 2.24) is 0 Å². The Hall–Kier alpha value is -2.14. The van der Waals surface area contributed by atoms with Crippen LogP contribution in [0.5, 0.6) is 11.5 Å². The number of alkyl halides is 3. The van der Waals surface area contributed by atoms with Gasteiger partial charge < -0.3 is 13.8 Å². The van der Waals surface area contributed by atoms with Gasteiger partial charge in [0.15, 0.2) is 11.5 Å². The summed E-state index contributed by atoms with van der Waals surface area (Å²) in [4.78, 5) is 2.53. The third kappa shape index (κ3) is 5.56. The standard InChI is InChI=1S/C23H27F4NO4S2/c1-4-6-11-22(5-2)14-28(17-9-7-16(24)8-10-17)18-12-19(31-3)20(13-21(18)33-15-22)32-34(29,30)23(25,26)27/h7-10,12-13H,4-6,11,14-15H2,1-3H3. The molecule has 1 atom stereocenters. The lowest BCUT2D eigenvalue weighted by Gasteiger charge is -2.36. The van der Waals surface area contributed by atoms with Crippen molar-refractivity contribution >= 4 is 33.3 Å². The maximum atomic E-state index is 13.6. The normalized spacial score (nSPS) is 18.9. The Labute approximate surface area is 201 Å². The Kier molecular flexibility index (Phi) is 7.96. The van der Waals surface area contributed by atoms with Crippen LogP contribution in [-0.4, -0.2) is 33.3 Å². The molecular formula is C23H27F4NO4S2. The Morgan fingerprint density at radius 2 is 1.79 bits per heavy atom. The van der Waals surface area contributed by atoms with Gasteiger partial charge >= 0.3 is 15.6 Å². The van der Waals surface area contributed by atoms with Crippen LogP contribution in [0.3, 0.4) is 0 Å². The Morgan fingerprint density at radius 3 is 2.35 bits per heavy atom. The summed E-state index contributed by atoms with van der Waals surface area (Å²) in [5.74, 6) is -0.412. The van der Waals surface area contributed by atoms with E-state index in [-0.39, 0.29) is 17.0 Å². The number of halogens is 4. The first-order chi connectivity index (χ1) is 15.9. The molecule has 0 saturated heterocycles. The van der Waals surface area contributed by atoms with Gasteiger partial charge in [-0.2, -0.15) is 21.6 Å². The molecule has 188 valence electrons. The fraction of sp³-hybridized carbons (Fsp3) is 0.478. The van der Waals surface area contributed by atoms with E-state index in [1.54, 1.807) is 12.1 Å². The zero-order valence-corrected chi connectivity index (χ0v) is 20.7. The predicted molar refractivity (Wildman–Crippen MR) is 125 cm³/mol. The van der Waals surface area contributed by atoms with Crippen LogP contribution in [0, 0.1) is 11.2 Å². The Morgan fingerprint density at radius 1 is 1.12 bits per heavy atom. The molecular weight excluding hydrogens is 494 g/mol. The number of thioether (sulfide) groups is 1. The average molecular weight is 522 g/mol. The van der Waals surface area contributed by atoms with Crippen molar-refractivity contribution in [3.05, 3.63) is 42.2 Å². The van der Waals surface area contributed by atoms with Crippen molar-refractivity contribution in [3.8, 4) is 11.5 Å².